The monoisotopic (exact) mass is 410 g/mol. The van der Waals surface area contributed by atoms with E-state index in [0.29, 0.717) is 13.0 Å². The summed E-state index contributed by atoms with van der Waals surface area (Å²) >= 11 is 1.52. The lowest BCUT2D eigenvalue weighted by Gasteiger charge is -2.34. The molecule has 2 aromatic heterocycles. The van der Waals surface area contributed by atoms with Gasteiger partial charge in [0, 0.05) is 74.4 Å². The molecule has 2 amide bonds. The Labute approximate surface area is 174 Å². The van der Waals surface area contributed by atoms with Crippen molar-refractivity contribution in [3.8, 4) is 0 Å². The number of carbonyl (C=O) groups excluding carboxylic acids is 2. The Morgan fingerprint density at radius 1 is 1.10 bits per heavy atom. The Kier molecular flexibility index (Phi) is 5.97. The number of aromatic nitrogens is 1. The molecule has 1 fully saturated rings. The third-order valence-corrected chi connectivity index (χ3v) is 6.23. The van der Waals surface area contributed by atoms with Gasteiger partial charge in [0.2, 0.25) is 5.91 Å². The maximum atomic E-state index is 12.8. The highest BCUT2D eigenvalue weighted by atomic mass is 32.1. The van der Waals surface area contributed by atoms with Crippen LogP contribution in [0.25, 0.3) is 10.9 Å². The van der Waals surface area contributed by atoms with Gasteiger partial charge in [-0.2, -0.15) is 11.3 Å². The molecular formula is C22H26N4O2S. The van der Waals surface area contributed by atoms with E-state index < -0.39 is 0 Å². The molecule has 152 valence electrons. The maximum Gasteiger partial charge on any atom is 0.252 e. The fraction of sp³-hybridized carbons (Fsp3) is 0.364. The quantitative estimate of drug-likeness (QED) is 0.679. The minimum absolute atomic E-state index is 0.0184. The minimum atomic E-state index is -0.0184. The van der Waals surface area contributed by atoms with Crippen LogP contribution < -0.4 is 5.32 Å². The molecular weight excluding hydrogens is 384 g/mol. The number of fused-ring (bicyclic) bond motifs is 1. The summed E-state index contributed by atoms with van der Waals surface area (Å²) in [7, 11) is 2.02. The van der Waals surface area contributed by atoms with E-state index in [1.807, 2.05) is 40.9 Å². The number of benzene rings is 1. The molecule has 0 atom stereocenters. The lowest BCUT2D eigenvalue weighted by Crippen LogP contribution is -2.50. The van der Waals surface area contributed by atoms with Crippen molar-refractivity contribution in [2.24, 2.45) is 7.05 Å². The first-order valence-corrected chi connectivity index (χ1v) is 10.9. The Hall–Kier alpha value is -2.64. The third-order valence-electron chi connectivity index (χ3n) is 5.54. The molecule has 29 heavy (non-hydrogen) atoms. The van der Waals surface area contributed by atoms with Crippen molar-refractivity contribution >= 4 is 34.1 Å². The summed E-state index contributed by atoms with van der Waals surface area (Å²) in [5.74, 6) is 0.168. The molecule has 3 aromatic rings. The molecule has 1 saturated heterocycles. The summed E-state index contributed by atoms with van der Waals surface area (Å²) in [6.07, 6.45) is 2.51. The number of nitrogens with one attached hydrogen (secondary N) is 1. The smallest absolute Gasteiger partial charge is 0.252 e. The van der Waals surface area contributed by atoms with E-state index in [2.05, 4.69) is 33.1 Å². The third kappa shape index (κ3) is 4.52. The van der Waals surface area contributed by atoms with Crippen LogP contribution in [0.5, 0.6) is 0 Å². The van der Waals surface area contributed by atoms with E-state index >= 15 is 0 Å². The summed E-state index contributed by atoms with van der Waals surface area (Å²) < 4.78 is 2.08. The van der Waals surface area contributed by atoms with Crippen molar-refractivity contribution in [1.29, 1.82) is 0 Å². The first-order valence-electron chi connectivity index (χ1n) is 9.95. The van der Waals surface area contributed by atoms with Gasteiger partial charge in [-0.25, -0.2) is 0 Å². The number of nitrogens with zero attached hydrogens (tertiary/aromatic N) is 3. The van der Waals surface area contributed by atoms with Gasteiger partial charge >= 0.3 is 0 Å². The normalized spacial score (nSPS) is 15.0. The Bertz CT molecular complexity index is 988. The molecule has 7 heteroatoms. The van der Waals surface area contributed by atoms with Gasteiger partial charge in [0.05, 0.1) is 6.42 Å². The van der Waals surface area contributed by atoms with Gasteiger partial charge in [-0.1, -0.05) is 18.2 Å². The van der Waals surface area contributed by atoms with Gasteiger partial charge in [-0.15, -0.1) is 0 Å². The average Bonchev–Trinajstić information content (AvgIpc) is 3.38. The molecule has 1 aromatic carbocycles. The summed E-state index contributed by atoms with van der Waals surface area (Å²) in [6, 6.07) is 10.0. The van der Waals surface area contributed by atoms with Crippen molar-refractivity contribution in [2.45, 2.75) is 6.42 Å². The molecule has 0 unspecified atom stereocenters. The Balaban J connectivity index is 1.24. The number of amides is 2. The van der Waals surface area contributed by atoms with E-state index in [1.54, 1.807) is 0 Å². The number of carbonyl (C=O) groups is 2. The first-order chi connectivity index (χ1) is 14.1. The number of hydrogen-bond acceptors (Lipinski definition) is 4. The predicted octanol–water partition coefficient (Wildman–Crippen LogP) is 2.36. The predicted molar refractivity (Wildman–Crippen MR) is 116 cm³/mol. The van der Waals surface area contributed by atoms with Crippen molar-refractivity contribution in [1.82, 2.24) is 19.7 Å². The highest BCUT2D eigenvalue weighted by Crippen LogP contribution is 2.21. The Morgan fingerprint density at radius 3 is 2.66 bits per heavy atom. The minimum Gasteiger partial charge on any atom is -0.351 e. The van der Waals surface area contributed by atoms with Gasteiger partial charge in [0.1, 0.15) is 0 Å². The van der Waals surface area contributed by atoms with Crippen LogP contribution in [0.4, 0.5) is 0 Å². The van der Waals surface area contributed by atoms with Crippen LogP contribution in [-0.4, -0.2) is 65.4 Å². The van der Waals surface area contributed by atoms with E-state index in [4.69, 9.17) is 0 Å². The van der Waals surface area contributed by atoms with E-state index in [-0.39, 0.29) is 11.8 Å². The van der Waals surface area contributed by atoms with Gasteiger partial charge < -0.3 is 14.8 Å². The molecule has 0 spiro atoms. The van der Waals surface area contributed by atoms with Crippen LogP contribution >= 0.6 is 11.3 Å². The summed E-state index contributed by atoms with van der Waals surface area (Å²) in [6.45, 7) is 4.59. The molecule has 0 saturated carbocycles. The maximum absolute atomic E-state index is 12.8. The second-order valence-corrected chi connectivity index (χ2v) is 8.23. The van der Waals surface area contributed by atoms with Crippen molar-refractivity contribution in [3.63, 3.8) is 0 Å². The summed E-state index contributed by atoms with van der Waals surface area (Å²) in [5, 5.41) is 7.88. The van der Waals surface area contributed by atoms with Crippen molar-refractivity contribution < 1.29 is 9.59 Å². The number of aryl methyl sites for hydroxylation is 1. The number of thiophene rings is 1. The molecule has 1 aliphatic rings. The van der Waals surface area contributed by atoms with Crippen molar-refractivity contribution in [3.05, 3.63) is 58.4 Å². The number of piperazine rings is 1. The molecule has 1 aliphatic heterocycles. The van der Waals surface area contributed by atoms with Gasteiger partial charge in [-0.3, -0.25) is 14.5 Å². The van der Waals surface area contributed by atoms with E-state index in [0.717, 1.165) is 54.8 Å². The Morgan fingerprint density at radius 2 is 1.90 bits per heavy atom. The highest BCUT2D eigenvalue weighted by Gasteiger charge is 2.22. The van der Waals surface area contributed by atoms with Crippen LogP contribution in [0.15, 0.2) is 47.3 Å². The highest BCUT2D eigenvalue weighted by molar-refractivity contribution is 7.08. The summed E-state index contributed by atoms with van der Waals surface area (Å²) in [5.41, 5.74) is 2.97. The standard InChI is InChI=1S/C22H26N4O2S/c1-24-15-18(19-4-2-3-5-20(19)24)14-21(27)26-11-9-25(10-12-26)8-7-23-22(28)17-6-13-29-16-17/h2-6,13,15-16H,7-12,14H2,1H3,(H,23,28). The van der Waals surface area contributed by atoms with Crippen LogP contribution in [0.1, 0.15) is 15.9 Å². The second-order valence-electron chi connectivity index (χ2n) is 7.45. The number of rotatable bonds is 6. The van der Waals surface area contributed by atoms with Crippen LogP contribution in [-0.2, 0) is 18.3 Å². The van der Waals surface area contributed by atoms with Crippen LogP contribution in [0.2, 0.25) is 0 Å². The molecule has 6 nitrogen and oxygen atoms in total. The molecule has 4 rings (SSSR count). The van der Waals surface area contributed by atoms with Crippen LogP contribution in [0.3, 0.4) is 0 Å². The van der Waals surface area contributed by atoms with Crippen molar-refractivity contribution in [2.75, 3.05) is 39.3 Å². The number of para-hydroxylation sites is 1. The molecule has 0 bridgehead atoms. The topological polar surface area (TPSA) is 57.6 Å². The average molecular weight is 411 g/mol. The van der Waals surface area contributed by atoms with Gasteiger partial charge in [0.25, 0.3) is 5.91 Å². The zero-order valence-corrected chi connectivity index (χ0v) is 17.5. The summed E-state index contributed by atoms with van der Waals surface area (Å²) in [4.78, 5) is 29.0. The van der Waals surface area contributed by atoms with Gasteiger partial charge in [0.15, 0.2) is 0 Å². The van der Waals surface area contributed by atoms with Gasteiger partial charge in [-0.05, 0) is 23.1 Å². The molecule has 3 heterocycles. The zero-order valence-electron chi connectivity index (χ0n) is 16.6. The van der Waals surface area contributed by atoms with Crippen LogP contribution in [0, 0.1) is 0 Å². The molecule has 0 radical (unpaired) electrons. The first kappa shape index (κ1) is 19.7. The molecule has 0 aliphatic carbocycles. The largest absolute Gasteiger partial charge is 0.351 e. The zero-order chi connectivity index (χ0) is 20.2. The SMILES string of the molecule is Cn1cc(CC(=O)N2CCN(CCNC(=O)c3ccsc3)CC2)c2ccccc21. The van der Waals surface area contributed by atoms with E-state index in [1.165, 1.54) is 11.3 Å². The fourth-order valence-corrected chi connectivity index (χ4v) is 4.52. The number of hydrogen-bond donors (Lipinski definition) is 1. The fourth-order valence-electron chi connectivity index (χ4n) is 3.89. The van der Waals surface area contributed by atoms with E-state index in [9.17, 15) is 9.59 Å². The second kappa shape index (κ2) is 8.80. The molecule has 1 N–H and O–H groups in total. The lowest BCUT2D eigenvalue weighted by molar-refractivity contribution is -0.132. The lowest BCUT2D eigenvalue weighted by atomic mass is 10.1.